The van der Waals surface area contributed by atoms with Gasteiger partial charge in [-0.1, -0.05) is 11.8 Å². The van der Waals surface area contributed by atoms with Gasteiger partial charge in [0.2, 0.25) is 0 Å². The van der Waals surface area contributed by atoms with Crippen LogP contribution in [0.4, 0.5) is 0 Å². The van der Waals surface area contributed by atoms with Gasteiger partial charge in [0.25, 0.3) is 0 Å². The first-order valence-corrected chi connectivity index (χ1v) is 5.16. The first kappa shape index (κ1) is 12.0. The summed E-state index contributed by atoms with van der Waals surface area (Å²) in [7, 11) is 0. The van der Waals surface area contributed by atoms with Gasteiger partial charge in [-0.3, -0.25) is 14.8 Å². The van der Waals surface area contributed by atoms with Crippen LogP contribution in [0.1, 0.15) is 10.4 Å². The number of aliphatic imine (C=N–C) groups is 1. The van der Waals surface area contributed by atoms with Crippen LogP contribution in [-0.2, 0) is 0 Å². The number of thioether (sulfide) groups is 1. The molecular formula is C9H10ClN3OS. The van der Waals surface area contributed by atoms with Crippen LogP contribution in [0.5, 0.6) is 0 Å². The highest BCUT2D eigenvalue weighted by Gasteiger charge is 2.24. The number of nitrogens with two attached hydrogens (primary N) is 1. The molecule has 6 heteroatoms. The number of ketones is 1. The van der Waals surface area contributed by atoms with Crippen molar-refractivity contribution in [2.24, 2.45) is 10.7 Å². The van der Waals surface area contributed by atoms with Gasteiger partial charge in [0.05, 0.1) is 0 Å². The molecule has 0 unspecified atom stereocenters. The van der Waals surface area contributed by atoms with Crippen molar-refractivity contribution in [3.63, 3.8) is 0 Å². The lowest BCUT2D eigenvalue weighted by Gasteiger charge is -2.03. The lowest BCUT2D eigenvalue weighted by Crippen LogP contribution is -2.18. The molecule has 80 valence electrons. The molecule has 0 amide bonds. The van der Waals surface area contributed by atoms with Crippen LogP contribution in [0.15, 0.2) is 29.5 Å². The largest absolute Gasteiger partial charge is 0.379 e. The van der Waals surface area contributed by atoms with Crippen LogP contribution in [0.2, 0.25) is 0 Å². The van der Waals surface area contributed by atoms with Crippen LogP contribution in [-0.4, -0.2) is 27.7 Å². The van der Waals surface area contributed by atoms with E-state index >= 15 is 0 Å². The summed E-state index contributed by atoms with van der Waals surface area (Å²) in [6.07, 6.45) is 3.20. The number of Topliss-reactive ketones (excluding diaryl/α,β-unsaturated/α-hetero) is 1. The third-order valence-electron chi connectivity index (χ3n) is 1.94. The highest BCUT2D eigenvalue weighted by molar-refractivity contribution is 8.14. The summed E-state index contributed by atoms with van der Waals surface area (Å²) in [5.74, 6) is 0.660. The predicted molar refractivity (Wildman–Crippen MR) is 63.7 cm³/mol. The molecular weight excluding hydrogens is 234 g/mol. The summed E-state index contributed by atoms with van der Waals surface area (Å²) in [6.45, 7) is 0. The molecule has 0 fully saturated rings. The van der Waals surface area contributed by atoms with E-state index in [1.807, 2.05) is 0 Å². The smallest absolute Gasteiger partial charge is 0.188 e. The zero-order valence-corrected chi connectivity index (χ0v) is 9.42. The van der Waals surface area contributed by atoms with Gasteiger partial charge in [0, 0.05) is 23.7 Å². The summed E-state index contributed by atoms with van der Waals surface area (Å²) in [5.41, 5.74) is 6.13. The monoisotopic (exact) mass is 243 g/mol. The Labute approximate surface area is 97.8 Å². The average Bonchev–Trinajstić information content (AvgIpc) is 2.65. The van der Waals surface area contributed by atoms with E-state index in [0.717, 1.165) is 0 Å². The minimum Gasteiger partial charge on any atom is -0.379 e. The fourth-order valence-electron chi connectivity index (χ4n) is 1.24. The molecule has 1 aromatic heterocycles. The van der Waals surface area contributed by atoms with E-state index in [1.165, 1.54) is 11.8 Å². The van der Waals surface area contributed by atoms with E-state index in [9.17, 15) is 4.79 Å². The molecule has 2 N–H and O–H groups in total. The van der Waals surface area contributed by atoms with E-state index in [1.54, 1.807) is 24.5 Å². The SMILES string of the molecule is Cl.NC1=N[C@H](C(=O)c2ccncc2)CS1. The Hall–Kier alpha value is -1.07. The standard InChI is InChI=1S/C9H9N3OS.ClH/c10-9-12-7(5-14-9)8(13)6-1-3-11-4-2-6;/h1-4,7H,5H2,(H2,10,12);1H/t7-;/m0./s1. The van der Waals surface area contributed by atoms with Gasteiger partial charge < -0.3 is 5.73 Å². The van der Waals surface area contributed by atoms with E-state index in [0.29, 0.717) is 16.5 Å². The maximum atomic E-state index is 11.8. The molecule has 2 heterocycles. The number of nitrogens with zero attached hydrogens (tertiary/aromatic N) is 2. The summed E-state index contributed by atoms with van der Waals surface area (Å²) < 4.78 is 0. The highest BCUT2D eigenvalue weighted by Crippen LogP contribution is 2.18. The van der Waals surface area contributed by atoms with Gasteiger partial charge >= 0.3 is 0 Å². The summed E-state index contributed by atoms with van der Waals surface area (Å²) in [5, 5.41) is 0.498. The van der Waals surface area contributed by atoms with Crippen LogP contribution in [0, 0.1) is 0 Å². The molecule has 0 spiro atoms. The van der Waals surface area contributed by atoms with E-state index in [2.05, 4.69) is 9.98 Å². The zero-order chi connectivity index (χ0) is 9.97. The molecule has 0 bridgehead atoms. The second-order valence-corrected chi connectivity index (χ2v) is 3.93. The fourth-order valence-corrected chi connectivity index (χ4v) is 1.99. The van der Waals surface area contributed by atoms with Gasteiger partial charge in [0.15, 0.2) is 11.0 Å². The van der Waals surface area contributed by atoms with Crippen molar-refractivity contribution in [1.82, 2.24) is 4.98 Å². The van der Waals surface area contributed by atoms with Gasteiger partial charge in [-0.15, -0.1) is 12.4 Å². The summed E-state index contributed by atoms with van der Waals surface area (Å²) >= 11 is 1.42. The highest BCUT2D eigenvalue weighted by atomic mass is 35.5. The number of hydrogen-bond acceptors (Lipinski definition) is 5. The van der Waals surface area contributed by atoms with Gasteiger partial charge in [0.1, 0.15) is 6.04 Å². The molecule has 0 radical (unpaired) electrons. The van der Waals surface area contributed by atoms with Crippen molar-refractivity contribution < 1.29 is 4.79 Å². The minimum absolute atomic E-state index is 0. The molecule has 1 aliphatic heterocycles. The maximum absolute atomic E-state index is 11.8. The van der Waals surface area contributed by atoms with E-state index in [-0.39, 0.29) is 24.2 Å². The van der Waals surface area contributed by atoms with Crippen LogP contribution in [0.3, 0.4) is 0 Å². The summed E-state index contributed by atoms with van der Waals surface area (Å²) in [4.78, 5) is 19.7. The van der Waals surface area contributed by atoms with Crippen molar-refractivity contribution in [2.45, 2.75) is 6.04 Å². The molecule has 0 aliphatic carbocycles. The minimum atomic E-state index is -0.317. The zero-order valence-electron chi connectivity index (χ0n) is 7.79. The van der Waals surface area contributed by atoms with E-state index in [4.69, 9.17) is 5.73 Å². The lowest BCUT2D eigenvalue weighted by molar-refractivity contribution is 0.0971. The Morgan fingerprint density at radius 3 is 2.67 bits per heavy atom. The second kappa shape index (κ2) is 5.14. The van der Waals surface area contributed by atoms with Crippen molar-refractivity contribution in [1.29, 1.82) is 0 Å². The topological polar surface area (TPSA) is 68.3 Å². The number of halogens is 1. The predicted octanol–water partition coefficient (Wildman–Crippen LogP) is 1.12. The van der Waals surface area contributed by atoms with Crippen LogP contribution < -0.4 is 5.73 Å². The number of pyridine rings is 1. The Kier molecular flexibility index (Phi) is 4.11. The molecule has 1 aromatic rings. The molecule has 15 heavy (non-hydrogen) atoms. The Balaban J connectivity index is 0.00000112. The molecule has 0 aromatic carbocycles. The summed E-state index contributed by atoms with van der Waals surface area (Å²) in [6, 6.07) is 3.07. The molecule has 0 saturated heterocycles. The number of aromatic nitrogens is 1. The molecule has 1 aliphatic rings. The quantitative estimate of drug-likeness (QED) is 0.791. The Bertz CT molecular complexity index is 382. The normalized spacial score (nSPS) is 19.2. The molecule has 4 nitrogen and oxygen atoms in total. The van der Waals surface area contributed by atoms with Crippen molar-refractivity contribution in [2.75, 3.05) is 5.75 Å². The van der Waals surface area contributed by atoms with Crippen molar-refractivity contribution >= 4 is 35.1 Å². The maximum Gasteiger partial charge on any atom is 0.188 e. The molecule has 2 rings (SSSR count). The van der Waals surface area contributed by atoms with Gasteiger partial charge in [-0.25, -0.2) is 0 Å². The number of rotatable bonds is 2. The number of carbonyl (C=O) groups excluding carboxylic acids is 1. The molecule has 0 saturated carbocycles. The average molecular weight is 244 g/mol. The number of amidine groups is 1. The Morgan fingerprint density at radius 1 is 1.47 bits per heavy atom. The van der Waals surface area contributed by atoms with E-state index < -0.39 is 0 Å². The third kappa shape index (κ3) is 2.70. The second-order valence-electron chi connectivity index (χ2n) is 2.89. The number of carbonyl (C=O) groups is 1. The third-order valence-corrected chi connectivity index (χ3v) is 2.82. The first-order valence-electron chi connectivity index (χ1n) is 4.17. The van der Waals surface area contributed by atoms with Crippen molar-refractivity contribution in [3.05, 3.63) is 30.1 Å². The molecule has 1 atom stereocenters. The van der Waals surface area contributed by atoms with Crippen molar-refractivity contribution in [3.8, 4) is 0 Å². The van der Waals surface area contributed by atoms with Gasteiger partial charge in [-0.05, 0) is 12.1 Å². The Morgan fingerprint density at radius 2 is 2.13 bits per heavy atom. The van der Waals surface area contributed by atoms with Crippen LogP contribution in [0.25, 0.3) is 0 Å². The first-order chi connectivity index (χ1) is 6.77. The fraction of sp³-hybridized carbons (Fsp3) is 0.222. The lowest BCUT2D eigenvalue weighted by atomic mass is 10.1. The van der Waals surface area contributed by atoms with Crippen LogP contribution >= 0.6 is 24.2 Å². The number of hydrogen-bond donors (Lipinski definition) is 1. The van der Waals surface area contributed by atoms with Gasteiger partial charge in [-0.2, -0.15) is 0 Å².